The summed E-state index contributed by atoms with van der Waals surface area (Å²) in [5.74, 6) is 0.241. The van der Waals surface area contributed by atoms with Crippen molar-refractivity contribution in [2.24, 2.45) is 0 Å². The summed E-state index contributed by atoms with van der Waals surface area (Å²) in [7, 11) is 0. The molecular weight excluding hydrogens is 186 g/mol. The second-order valence-electron chi connectivity index (χ2n) is 2.89. The third-order valence-electron chi connectivity index (χ3n) is 2.04. The van der Waals surface area contributed by atoms with Gasteiger partial charge in [0.15, 0.2) is 0 Å². The van der Waals surface area contributed by atoms with Crippen LogP contribution in [0.15, 0.2) is 24.4 Å². The minimum Gasteiger partial charge on any atom is -0.507 e. The molecule has 1 aromatic heterocycles. The molecule has 0 spiro atoms. The third kappa shape index (κ3) is 1.23. The highest BCUT2D eigenvalue weighted by Crippen LogP contribution is 2.31. The molecule has 0 fully saturated rings. The third-order valence-corrected chi connectivity index (χ3v) is 2.36. The van der Waals surface area contributed by atoms with Crippen molar-refractivity contribution in [3.8, 4) is 5.75 Å². The zero-order chi connectivity index (χ0) is 9.42. The van der Waals surface area contributed by atoms with Crippen LogP contribution in [0, 0.1) is 6.92 Å². The first-order valence-corrected chi connectivity index (χ1v) is 4.31. The molecule has 1 aromatic carbocycles. The number of aromatic nitrogens is 1. The minimum atomic E-state index is 0.241. The number of hydrogen-bond acceptors (Lipinski definition) is 2. The van der Waals surface area contributed by atoms with Crippen LogP contribution in [0.2, 0.25) is 5.02 Å². The lowest BCUT2D eigenvalue weighted by Gasteiger charge is -2.04. The van der Waals surface area contributed by atoms with Crippen molar-refractivity contribution in [3.63, 3.8) is 0 Å². The van der Waals surface area contributed by atoms with Gasteiger partial charge in [-0.25, -0.2) is 0 Å². The first-order valence-electron chi connectivity index (χ1n) is 3.93. The van der Waals surface area contributed by atoms with Gasteiger partial charge in [0.05, 0.1) is 5.02 Å². The number of phenolic OH excluding ortho intramolecular Hbond substituents is 1. The number of rotatable bonds is 0. The number of fused-ring (bicyclic) bond motifs is 1. The molecule has 0 saturated heterocycles. The second kappa shape index (κ2) is 2.89. The number of phenols is 1. The summed E-state index contributed by atoms with van der Waals surface area (Å²) in [6.45, 7) is 1.87. The molecule has 2 rings (SSSR count). The maximum Gasteiger partial charge on any atom is 0.123 e. The van der Waals surface area contributed by atoms with Crippen LogP contribution >= 0.6 is 11.6 Å². The topological polar surface area (TPSA) is 33.1 Å². The fraction of sp³-hybridized carbons (Fsp3) is 0.100. The van der Waals surface area contributed by atoms with Gasteiger partial charge in [-0.2, -0.15) is 0 Å². The number of halogens is 1. The molecule has 0 aliphatic carbocycles. The van der Waals surface area contributed by atoms with Gasteiger partial charge in [0.2, 0.25) is 0 Å². The fourth-order valence-corrected chi connectivity index (χ4v) is 1.71. The maximum absolute atomic E-state index is 9.53. The van der Waals surface area contributed by atoms with Crippen LogP contribution in [-0.4, -0.2) is 10.1 Å². The van der Waals surface area contributed by atoms with Gasteiger partial charge in [0.1, 0.15) is 5.75 Å². The van der Waals surface area contributed by atoms with E-state index in [1.54, 1.807) is 24.4 Å². The van der Waals surface area contributed by atoms with E-state index in [4.69, 9.17) is 11.6 Å². The first-order chi connectivity index (χ1) is 6.20. The van der Waals surface area contributed by atoms with Crippen molar-refractivity contribution >= 4 is 22.4 Å². The summed E-state index contributed by atoms with van der Waals surface area (Å²) in [5.41, 5.74) is 0.832. The van der Waals surface area contributed by atoms with Crippen LogP contribution in [-0.2, 0) is 0 Å². The standard InChI is InChI=1S/C10H8ClNO/c1-6-10-7(4-5-12-6)9(13)3-2-8(10)11/h2-5,13H,1H3. The average molecular weight is 194 g/mol. The Hall–Kier alpha value is -1.28. The quantitative estimate of drug-likeness (QED) is 0.698. The molecule has 1 N–H and O–H groups in total. The zero-order valence-corrected chi connectivity index (χ0v) is 7.84. The molecule has 0 saturated carbocycles. The number of aryl methyl sites for hydroxylation is 1. The molecule has 2 nitrogen and oxygen atoms in total. The van der Waals surface area contributed by atoms with Gasteiger partial charge in [-0.3, -0.25) is 4.98 Å². The van der Waals surface area contributed by atoms with Crippen molar-refractivity contribution in [1.82, 2.24) is 4.98 Å². The van der Waals surface area contributed by atoms with Crippen LogP contribution in [0.25, 0.3) is 10.8 Å². The summed E-state index contributed by atoms with van der Waals surface area (Å²) < 4.78 is 0. The Bertz CT molecular complexity index is 459. The maximum atomic E-state index is 9.53. The van der Waals surface area contributed by atoms with E-state index in [-0.39, 0.29) is 5.75 Å². The average Bonchev–Trinajstić information content (AvgIpc) is 2.12. The predicted octanol–water partition coefficient (Wildman–Crippen LogP) is 2.90. The Kier molecular flexibility index (Phi) is 1.85. The van der Waals surface area contributed by atoms with Crippen LogP contribution < -0.4 is 0 Å². The van der Waals surface area contributed by atoms with Crippen molar-refractivity contribution in [3.05, 3.63) is 35.1 Å². The Morgan fingerprint density at radius 3 is 2.77 bits per heavy atom. The molecule has 0 aliphatic heterocycles. The van der Waals surface area contributed by atoms with E-state index in [1.807, 2.05) is 6.92 Å². The highest BCUT2D eigenvalue weighted by Gasteiger charge is 2.05. The summed E-state index contributed by atoms with van der Waals surface area (Å²) >= 11 is 5.98. The molecule has 0 bridgehead atoms. The predicted molar refractivity (Wildman–Crippen MR) is 53.2 cm³/mol. The monoisotopic (exact) mass is 193 g/mol. The van der Waals surface area contributed by atoms with Crippen molar-refractivity contribution < 1.29 is 5.11 Å². The van der Waals surface area contributed by atoms with Crippen LogP contribution in [0.5, 0.6) is 5.75 Å². The Morgan fingerprint density at radius 2 is 2.08 bits per heavy atom. The summed E-state index contributed by atoms with van der Waals surface area (Å²) in [6.07, 6.45) is 1.66. The number of hydrogen-bond donors (Lipinski definition) is 1. The molecule has 1 heterocycles. The Labute approximate surface area is 80.8 Å². The largest absolute Gasteiger partial charge is 0.507 e. The molecule has 3 heteroatoms. The van der Waals surface area contributed by atoms with Gasteiger partial charge in [-0.15, -0.1) is 0 Å². The van der Waals surface area contributed by atoms with Crippen LogP contribution in [0.3, 0.4) is 0 Å². The number of nitrogens with zero attached hydrogens (tertiary/aromatic N) is 1. The molecule has 13 heavy (non-hydrogen) atoms. The lowest BCUT2D eigenvalue weighted by atomic mass is 10.1. The van der Waals surface area contributed by atoms with Crippen LogP contribution in [0.1, 0.15) is 5.69 Å². The summed E-state index contributed by atoms with van der Waals surface area (Å²) in [4.78, 5) is 4.11. The number of benzene rings is 1. The van der Waals surface area contributed by atoms with Gasteiger partial charge in [0, 0.05) is 22.7 Å². The highest BCUT2D eigenvalue weighted by molar-refractivity contribution is 6.36. The van der Waals surface area contributed by atoms with E-state index in [0.29, 0.717) is 5.02 Å². The molecule has 0 aliphatic rings. The van der Waals surface area contributed by atoms with Gasteiger partial charge < -0.3 is 5.11 Å². The van der Waals surface area contributed by atoms with E-state index >= 15 is 0 Å². The highest BCUT2D eigenvalue weighted by atomic mass is 35.5. The number of aromatic hydroxyl groups is 1. The van der Waals surface area contributed by atoms with Gasteiger partial charge in [0.25, 0.3) is 0 Å². The lowest BCUT2D eigenvalue weighted by Crippen LogP contribution is -1.84. The summed E-state index contributed by atoms with van der Waals surface area (Å²) in [6, 6.07) is 5.02. The second-order valence-corrected chi connectivity index (χ2v) is 3.29. The normalized spacial score (nSPS) is 10.6. The van der Waals surface area contributed by atoms with Crippen molar-refractivity contribution in [1.29, 1.82) is 0 Å². The van der Waals surface area contributed by atoms with Gasteiger partial charge >= 0.3 is 0 Å². The van der Waals surface area contributed by atoms with E-state index in [1.165, 1.54) is 0 Å². The first kappa shape index (κ1) is 8.32. The zero-order valence-electron chi connectivity index (χ0n) is 7.08. The smallest absolute Gasteiger partial charge is 0.123 e. The van der Waals surface area contributed by atoms with E-state index in [2.05, 4.69) is 4.98 Å². The molecule has 0 radical (unpaired) electrons. The minimum absolute atomic E-state index is 0.241. The summed E-state index contributed by atoms with van der Waals surface area (Å²) in [5, 5.41) is 11.7. The van der Waals surface area contributed by atoms with Crippen molar-refractivity contribution in [2.75, 3.05) is 0 Å². The van der Waals surface area contributed by atoms with E-state index in [0.717, 1.165) is 16.5 Å². The van der Waals surface area contributed by atoms with Gasteiger partial charge in [-0.05, 0) is 25.1 Å². The van der Waals surface area contributed by atoms with Crippen LogP contribution in [0.4, 0.5) is 0 Å². The van der Waals surface area contributed by atoms with Crippen molar-refractivity contribution in [2.45, 2.75) is 6.92 Å². The molecule has 0 amide bonds. The molecule has 0 atom stereocenters. The molecule has 66 valence electrons. The SMILES string of the molecule is Cc1nccc2c(O)ccc(Cl)c12. The Morgan fingerprint density at radius 1 is 1.31 bits per heavy atom. The van der Waals surface area contributed by atoms with E-state index in [9.17, 15) is 5.11 Å². The molecular formula is C10H8ClNO. The Balaban J connectivity index is 3.00. The molecule has 2 aromatic rings. The van der Waals surface area contributed by atoms with E-state index < -0.39 is 0 Å². The number of pyridine rings is 1. The lowest BCUT2D eigenvalue weighted by molar-refractivity contribution is 0.481. The molecule has 0 unspecified atom stereocenters. The van der Waals surface area contributed by atoms with Gasteiger partial charge in [-0.1, -0.05) is 11.6 Å². The fourth-order valence-electron chi connectivity index (χ4n) is 1.41.